The molecule has 0 spiro atoms. The molecule has 0 radical (unpaired) electrons. The largest absolute Gasteiger partial charge is 0.319 e. The molecule has 0 heterocycles. The summed E-state index contributed by atoms with van der Waals surface area (Å²) in [7, 11) is 0. The number of para-hydroxylation sites is 1. The van der Waals surface area contributed by atoms with Gasteiger partial charge in [0.15, 0.2) is 0 Å². The number of nitrogens with one attached hydrogen (secondary N) is 1. The predicted octanol–water partition coefficient (Wildman–Crippen LogP) is 4.49. The molecule has 0 atom stereocenters. The van der Waals surface area contributed by atoms with E-state index in [9.17, 15) is 9.59 Å². The fourth-order valence-corrected chi connectivity index (χ4v) is 2.67. The van der Waals surface area contributed by atoms with Gasteiger partial charge < -0.3 is 5.32 Å². The van der Waals surface area contributed by atoms with Gasteiger partial charge in [-0.25, -0.2) is 0 Å². The molecule has 0 aromatic heterocycles. The minimum atomic E-state index is -0.570. The van der Waals surface area contributed by atoms with E-state index in [2.05, 4.69) is 5.32 Å². The molecule has 3 aromatic rings. The zero-order valence-corrected chi connectivity index (χ0v) is 13.8. The third-order valence-corrected chi connectivity index (χ3v) is 4.00. The molecule has 0 fully saturated rings. The monoisotopic (exact) mass is 329 g/mol. The van der Waals surface area contributed by atoms with E-state index in [4.69, 9.17) is 0 Å². The molecule has 0 saturated carbocycles. The van der Waals surface area contributed by atoms with Gasteiger partial charge in [-0.15, -0.1) is 0 Å². The van der Waals surface area contributed by atoms with E-state index in [1.54, 1.807) is 0 Å². The Kier molecular flexibility index (Phi) is 5.37. The van der Waals surface area contributed by atoms with Crippen LogP contribution >= 0.6 is 0 Å². The van der Waals surface area contributed by atoms with Crippen molar-refractivity contribution < 1.29 is 9.59 Å². The number of hydrogen-bond acceptors (Lipinski definition) is 2. The van der Waals surface area contributed by atoms with Crippen molar-refractivity contribution >= 4 is 17.4 Å². The summed E-state index contributed by atoms with van der Waals surface area (Å²) < 4.78 is 0. The molecule has 0 bridgehead atoms. The Morgan fingerprint density at radius 2 is 1.32 bits per heavy atom. The normalized spacial score (nSPS) is 10.2. The average molecular weight is 329 g/mol. The van der Waals surface area contributed by atoms with E-state index < -0.39 is 11.7 Å². The average Bonchev–Trinajstić information content (AvgIpc) is 2.68. The Balaban J connectivity index is 1.68. The van der Waals surface area contributed by atoms with E-state index in [0.717, 1.165) is 16.7 Å². The third kappa shape index (κ3) is 4.42. The van der Waals surface area contributed by atoms with Crippen LogP contribution in [0, 0.1) is 0 Å². The summed E-state index contributed by atoms with van der Waals surface area (Å²) in [6.45, 7) is 0. The maximum Gasteiger partial charge on any atom is 0.291 e. The van der Waals surface area contributed by atoms with Gasteiger partial charge in [0.1, 0.15) is 0 Å². The molecule has 0 unspecified atom stereocenters. The highest BCUT2D eigenvalue weighted by Crippen LogP contribution is 2.27. The summed E-state index contributed by atoms with van der Waals surface area (Å²) in [5.74, 6) is -0.981. The van der Waals surface area contributed by atoms with Crippen LogP contribution in [-0.2, 0) is 16.0 Å². The van der Waals surface area contributed by atoms with Crippen LogP contribution in [0.1, 0.15) is 12.0 Å². The predicted molar refractivity (Wildman–Crippen MR) is 100 cm³/mol. The first kappa shape index (κ1) is 16.7. The van der Waals surface area contributed by atoms with E-state index in [1.165, 1.54) is 0 Å². The molecule has 1 amide bonds. The number of rotatable bonds is 6. The van der Waals surface area contributed by atoms with Crippen LogP contribution in [-0.4, -0.2) is 11.7 Å². The SMILES string of the molecule is O=C(CCc1ccccc1)C(=O)Nc1ccccc1-c1ccccc1. The molecule has 0 aliphatic carbocycles. The van der Waals surface area contributed by atoms with Gasteiger partial charge in [-0.2, -0.15) is 0 Å². The first-order valence-electron chi connectivity index (χ1n) is 8.26. The molecule has 1 N–H and O–H groups in total. The van der Waals surface area contributed by atoms with Crippen molar-refractivity contribution in [3.8, 4) is 11.1 Å². The number of amides is 1. The number of carbonyl (C=O) groups excluding carboxylic acids is 2. The summed E-state index contributed by atoms with van der Waals surface area (Å²) in [6, 6.07) is 27.0. The second-order valence-electron chi connectivity index (χ2n) is 5.77. The van der Waals surface area contributed by atoms with Crippen molar-refractivity contribution in [1.29, 1.82) is 0 Å². The number of Topliss-reactive ketones (excluding diaryl/α,β-unsaturated/α-hetero) is 1. The molecule has 0 aliphatic heterocycles. The number of ketones is 1. The minimum absolute atomic E-state index is 0.198. The Labute approximate surface area is 147 Å². The minimum Gasteiger partial charge on any atom is -0.319 e. The van der Waals surface area contributed by atoms with Gasteiger partial charge in [0.05, 0.1) is 0 Å². The molecule has 25 heavy (non-hydrogen) atoms. The summed E-state index contributed by atoms with van der Waals surface area (Å²) in [5, 5.41) is 2.76. The van der Waals surface area contributed by atoms with Crippen LogP contribution in [0.25, 0.3) is 11.1 Å². The standard InChI is InChI=1S/C22H19NO2/c24-21(16-15-17-9-3-1-4-10-17)22(25)23-20-14-8-7-13-19(20)18-11-5-2-6-12-18/h1-14H,15-16H2,(H,23,25). The van der Waals surface area contributed by atoms with E-state index in [1.807, 2.05) is 84.9 Å². The maximum absolute atomic E-state index is 12.3. The Morgan fingerprint density at radius 1 is 0.720 bits per heavy atom. The number of carbonyl (C=O) groups is 2. The lowest BCUT2D eigenvalue weighted by Gasteiger charge is -2.11. The fraction of sp³-hybridized carbons (Fsp3) is 0.0909. The number of anilines is 1. The molecule has 3 heteroatoms. The van der Waals surface area contributed by atoms with Crippen molar-refractivity contribution in [1.82, 2.24) is 0 Å². The number of benzene rings is 3. The molecular weight excluding hydrogens is 310 g/mol. The Bertz CT molecular complexity index is 857. The van der Waals surface area contributed by atoms with Gasteiger partial charge in [0.2, 0.25) is 5.78 Å². The van der Waals surface area contributed by atoms with Crippen molar-refractivity contribution in [3.05, 3.63) is 90.5 Å². The second-order valence-corrected chi connectivity index (χ2v) is 5.77. The zero-order chi connectivity index (χ0) is 17.5. The number of hydrogen-bond donors (Lipinski definition) is 1. The van der Waals surface area contributed by atoms with Gasteiger partial charge in [-0.1, -0.05) is 78.9 Å². The maximum atomic E-state index is 12.3. The summed E-state index contributed by atoms with van der Waals surface area (Å²) in [5.41, 5.74) is 3.59. The summed E-state index contributed by atoms with van der Waals surface area (Å²) in [6.07, 6.45) is 0.761. The highest BCUT2D eigenvalue weighted by atomic mass is 16.2. The fourth-order valence-electron chi connectivity index (χ4n) is 2.67. The van der Waals surface area contributed by atoms with Gasteiger partial charge in [0.25, 0.3) is 5.91 Å². The lowest BCUT2D eigenvalue weighted by Crippen LogP contribution is -2.23. The second kappa shape index (κ2) is 8.06. The van der Waals surface area contributed by atoms with Gasteiger partial charge in [0, 0.05) is 17.7 Å². The lowest BCUT2D eigenvalue weighted by molar-refractivity contribution is -0.134. The van der Waals surface area contributed by atoms with Crippen LogP contribution in [0.5, 0.6) is 0 Å². The molecule has 124 valence electrons. The first-order valence-corrected chi connectivity index (χ1v) is 8.26. The molecule has 3 nitrogen and oxygen atoms in total. The van der Waals surface area contributed by atoms with Crippen LogP contribution in [0.2, 0.25) is 0 Å². The van der Waals surface area contributed by atoms with Crippen LogP contribution in [0.3, 0.4) is 0 Å². The third-order valence-electron chi connectivity index (χ3n) is 4.00. The molecule has 3 aromatic carbocycles. The quantitative estimate of drug-likeness (QED) is 0.677. The van der Waals surface area contributed by atoms with Crippen LogP contribution in [0.4, 0.5) is 5.69 Å². The van der Waals surface area contributed by atoms with Crippen molar-refractivity contribution in [2.45, 2.75) is 12.8 Å². The van der Waals surface area contributed by atoms with Crippen LogP contribution < -0.4 is 5.32 Å². The molecular formula is C22H19NO2. The molecule has 0 aliphatic rings. The van der Waals surface area contributed by atoms with Crippen molar-refractivity contribution in [2.75, 3.05) is 5.32 Å². The van der Waals surface area contributed by atoms with Gasteiger partial charge in [-0.3, -0.25) is 9.59 Å². The van der Waals surface area contributed by atoms with Crippen LogP contribution in [0.15, 0.2) is 84.9 Å². The van der Waals surface area contributed by atoms with E-state index in [-0.39, 0.29) is 6.42 Å². The lowest BCUT2D eigenvalue weighted by atomic mass is 10.0. The zero-order valence-electron chi connectivity index (χ0n) is 13.8. The van der Waals surface area contributed by atoms with Gasteiger partial charge >= 0.3 is 0 Å². The summed E-state index contributed by atoms with van der Waals surface area (Å²) >= 11 is 0. The first-order chi connectivity index (χ1) is 12.2. The Hall–Kier alpha value is -3.20. The Morgan fingerprint density at radius 3 is 2.04 bits per heavy atom. The van der Waals surface area contributed by atoms with Crippen molar-refractivity contribution in [2.24, 2.45) is 0 Å². The van der Waals surface area contributed by atoms with E-state index >= 15 is 0 Å². The molecule has 0 saturated heterocycles. The number of aryl methyl sites for hydroxylation is 1. The smallest absolute Gasteiger partial charge is 0.291 e. The van der Waals surface area contributed by atoms with Crippen molar-refractivity contribution in [3.63, 3.8) is 0 Å². The summed E-state index contributed by atoms with van der Waals surface area (Å²) in [4.78, 5) is 24.4. The van der Waals surface area contributed by atoms with E-state index in [0.29, 0.717) is 12.1 Å². The topological polar surface area (TPSA) is 46.2 Å². The highest BCUT2D eigenvalue weighted by Gasteiger charge is 2.15. The van der Waals surface area contributed by atoms with Gasteiger partial charge in [-0.05, 0) is 23.6 Å². The highest BCUT2D eigenvalue weighted by molar-refractivity contribution is 6.40. The molecule has 3 rings (SSSR count).